The van der Waals surface area contributed by atoms with Gasteiger partial charge in [0.15, 0.2) is 0 Å². The molecule has 1 rings (SSSR count). The molecule has 0 saturated carbocycles. The number of carbonyl (C=O) groups is 3. The summed E-state index contributed by atoms with van der Waals surface area (Å²) in [5, 5.41) is 5.56. The highest BCUT2D eigenvalue weighted by Crippen LogP contribution is 2.24. The molecule has 0 aliphatic carbocycles. The monoisotopic (exact) mass is 447 g/mol. The Morgan fingerprint density at radius 2 is 1.59 bits per heavy atom. The molecule has 0 fully saturated rings. The Kier molecular flexibility index (Phi) is 10.7. The van der Waals surface area contributed by atoms with Gasteiger partial charge in [0.2, 0.25) is 11.8 Å². The van der Waals surface area contributed by atoms with Crippen LogP contribution in [0.1, 0.15) is 85.4 Å². The van der Waals surface area contributed by atoms with Gasteiger partial charge < -0.3 is 20.3 Å². The molecule has 0 aliphatic rings. The van der Waals surface area contributed by atoms with Crippen LogP contribution in [-0.2, 0) is 20.7 Å². The molecule has 2 atom stereocenters. The van der Waals surface area contributed by atoms with Gasteiger partial charge in [-0.05, 0) is 65.5 Å². The van der Waals surface area contributed by atoms with Crippen LogP contribution in [0.2, 0.25) is 0 Å². The van der Waals surface area contributed by atoms with E-state index in [1.807, 2.05) is 45.0 Å². The fourth-order valence-corrected chi connectivity index (χ4v) is 3.26. The quantitative estimate of drug-likeness (QED) is 0.558. The normalized spacial score (nSPS) is 13.3. The van der Waals surface area contributed by atoms with Crippen molar-refractivity contribution in [2.24, 2.45) is 0 Å². The standard InChI is InChI=1S/C25H41N3O4/c1-9-11-16-28(23(30)18(5)27-24(31)32-25(6,7)8)21(22(29)26-17(3)4)20-14-12-19(10-2)13-15-20/h12-15,17-18,21H,9-11,16H2,1-8H3,(H,26,29)(H,27,31). The molecule has 0 aliphatic heterocycles. The molecule has 0 heterocycles. The third kappa shape index (κ3) is 8.89. The van der Waals surface area contributed by atoms with Crippen LogP contribution in [0.15, 0.2) is 24.3 Å². The maximum atomic E-state index is 13.5. The molecule has 1 aromatic carbocycles. The van der Waals surface area contributed by atoms with Crippen molar-refractivity contribution in [2.75, 3.05) is 6.54 Å². The zero-order valence-corrected chi connectivity index (χ0v) is 21.0. The predicted octanol–water partition coefficient (Wildman–Crippen LogP) is 4.36. The fraction of sp³-hybridized carbons (Fsp3) is 0.640. The number of hydrogen-bond acceptors (Lipinski definition) is 4. The van der Waals surface area contributed by atoms with Crippen LogP contribution in [0, 0.1) is 0 Å². The first-order valence-electron chi connectivity index (χ1n) is 11.6. The minimum absolute atomic E-state index is 0.0691. The second kappa shape index (κ2) is 12.5. The number of hydrogen-bond donors (Lipinski definition) is 2. The summed E-state index contributed by atoms with van der Waals surface area (Å²) in [4.78, 5) is 40.5. The van der Waals surface area contributed by atoms with E-state index >= 15 is 0 Å². The minimum Gasteiger partial charge on any atom is -0.444 e. The van der Waals surface area contributed by atoms with Crippen molar-refractivity contribution in [2.45, 2.75) is 98.4 Å². The van der Waals surface area contributed by atoms with Crippen LogP contribution in [0.4, 0.5) is 4.79 Å². The first-order chi connectivity index (χ1) is 14.9. The molecule has 2 unspecified atom stereocenters. The molecule has 32 heavy (non-hydrogen) atoms. The number of unbranched alkanes of at least 4 members (excludes halogenated alkanes) is 1. The smallest absolute Gasteiger partial charge is 0.408 e. The van der Waals surface area contributed by atoms with E-state index in [4.69, 9.17) is 4.74 Å². The van der Waals surface area contributed by atoms with Crippen LogP contribution in [0.25, 0.3) is 0 Å². The number of ether oxygens (including phenoxy) is 1. The molecule has 0 radical (unpaired) electrons. The molecule has 7 nitrogen and oxygen atoms in total. The number of rotatable bonds is 10. The number of benzene rings is 1. The van der Waals surface area contributed by atoms with Gasteiger partial charge in [-0.15, -0.1) is 0 Å². The van der Waals surface area contributed by atoms with E-state index in [0.717, 1.165) is 30.4 Å². The molecule has 180 valence electrons. The third-order valence-corrected chi connectivity index (χ3v) is 4.83. The van der Waals surface area contributed by atoms with Crippen molar-refractivity contribution in [3.05, 3.63) is 35.4 Å². The van der Waals surface area contributed by atoms with Crippen LogP contribution < -0.4 is 10.6 Å². The van der Waals surface area contributed by atoms with Crippen molar-refractivity contribution in [3.8, 4) is 0 Å². The molecule has 0 bridgehead atoms. The Morgan fingerprint density at radius 3 is 2.06 bits per heavy atom. The van der Waals surface area contributed by atoms with Gasteiger partial charge in [-0.1, -0.05) is 44.5 Å². The van der Waals surface area contributed by atoms with Crippen LogP contribution in [0.3, 0.4) is 0 Å². The Morgan fingerprint density at radius 1 is 1.00 bits per heavy atom. The molecular weight excluding hydrogens is 406 g/mol. The van der Waals surface area contributed by atoms with Crippen LogP contribution >= 0.6 is 0 Å². The fourth-order valence-electron chi connectivity index (χ4n) is 3.26. The summed E-state index contributed by atoms with van der Waals surface area (Å²) in [6, 6.07) is 6.08. The van der Waals surface area contributed by atoms with Gasteiger partial charge in [0.05, 0.1) is 0 Å². The van der Waals surface area contributed by atoms with Gasteiger partial charge in [-0.2, -0.15) is 0 Å². The van der Waals surface area contributed by atoms with Crippen molar-refractivity contribution in [3.63, 3.8) is 0 Å². The van der Waals surface area contributed by atoms with Crippen molar-refractivity contribution in [1.29, 1.82) is 0 Å². The molecule has 2 N–H and O–H groups in total. The van der Waals surface area contributed by atoms with E-state index < -0.39 is 23.8 Å². The van der Waals surface area contributed by atoms with Gasteiger partial charge >= 0.3 is 6.09 Å². The lowest BCUT2D eigenvalue weighted by Crippen LogP contribution is -2.52. The summed E-state index contributed by atoms with van der Waals surface area (Å²) in [6.07, 6.45) is 1.83. The van der Waals surface area contributed by atoms with Gasteiger partial charge in [0, 0.05) is 12.6 Å². The summed E-state index contributed by atoms with van der Waals surface area (Å²) in [5.74, 6) is -0.564. The number of carbonyl (C=O) groups excluding carboxylic acids is 3. The SMILES string of the molecule is CCCCN(C(=O)C(C)NC(=O)OC(C)(C)C)C(C(=O)NC(C)C)c1ccc(CC)cc1. The third-order valence-electron chi connectivity index (χ3n) is 4.83. The first-order valence-corrected chi connectivity index (χ1v) is 11.6. The maximum absolute atomic E-state index is 13.5. The van der Waals surface area contributed by atoms with Gasteiger partial charge in [-0.25, -0.2) is 4.79 Å². The molecule has 1 aromatic rings. The summed E-state index contributed by atoms with van der Waals surface area (Å²) in [7, 11) is 0. The lowest BCUT2D eigenvalue weighted by molar-refractivity contribution is -0.142. The minimum atomic E-state index is -0.842. The lowest BCUT2D eigenvalue weighted by atomic mass is 10.00. The zero-order chi connectivity index (χ0) is 24.5. The van der Waals surface area contributed by atoms with Gasteiger partial charge in [-0.3, -0.25) is 9.59 Å². The summed E-state index contributed by atoms with van der Waals surface area (Å²) in [5.41, 5.74) is 1.23. The summed E-state index contributed by atoms with van der Waals surface area (Å²) in [6.45, 7) is 15.2. The van der Waals surface area contributed by atoms with E-state index in [9.17, 15) is 14.4 Å². The van der Waals surface area contributed by atoms with E-state index in [0.29, 0.717) is 6.54 Å². The highest BCUT2D eigenvalue weighted by Gasteiger charge is 2.34. The Balaban J connectivity index is 3.26. The Hall–Kier alpha value is -2.57. The Labute approximate surface area is 193 Å². The van der Waals surface area contributed by atoms with Gasteiger partial charge in [0.25, 0.3) is 0 Å². The summed E-state index contributed by atoms with van der Waals surface area (Å²) < 4.78 is 5.29. The van der Waals surface area contributed by atoms with E-state index in [2.05, 4.69) is 17.6 Å². The molecule has 0 saturated heterocycles. The highest BCUT2D eigenvalue weighted by molar-refractivity contribution is 5.92. The molecule has 0 aromatic heterocycles. The second-order valence-corrected chi connectivity index (χ2v) is 9.41. The number of nitrogens with one attached hydrogen (secondary N) is 2. The topological polar surface area (TPSA) is 87.7 Å². The van der Waals surface area contributed by atoms with E-state index in [1.165, 1.54) is 0 Å². The van der Waals surface area contributed by atoms with Crippen molar-refractivity contribution in [1.82, 2.24) is 15.5 Å². The molecule has 3 amide bonds. The predicted molar refractivity (Wildman–Crippen MR) is 127 cm³/mol. The average molecular weight is 448 g/mol. The molecule has 0 spiro atoms. The summed E-state index contributed by atoms with van der Waals surface area (Å²) >= 11 is 0. The van der Waals surface area contributed by atoms with E-state index in [1.54, 1.807) is 32.6 Å². The van der Waals surface area contributed by atoms with Crippen molar-refractivity contribution < 1.29 is 19.1 Å². The number of aryl methyl sites for hydroxylation is 1. The Bertz CT molecular complexity index is 753. The molecule has 7 heteroatoms. The van der Waals surface area contributed by atoms with Gasteiger partial charge in [0.1, 0.15) is 17.7 Å². The second-order valence-electron chi connectivity index (χ2n) is 9.41. The maximum Gasteiger partial charge on any atom is 0.408 e. The number of nitrogens with zero attached hydrogens (tertiary/aromatic N) is 1. The number of alkyl carbamates (subject to hydrolysis) is 1. The highest BCUT2D eigenvalue weighted by atomic mass is 16.6. The number of amides is 3. The van der Waals surface area contributed by atoms with Crippen LogP contribution in [-0.4, -0.2) is 47.0 Å². The zero-order valence-electron chi connectivity index (χ0n) is 21.0. The first kappa shape index (κ1) is 27.5. The lowest BCUT2D eigenvalue weighted by Gasteiger charge is -2.34. The van der Waals surface area contributed by atoms with Crippen molar-refractivity contribution >= 4 is 17.9 Å². The molecular formula is C25H41N3O4. The average Bonchev–Trinajstić information content (AvgIpc) is 2.68. The largest absolute Gasteiger partial charge is 0.444 e. The van der Waals surface area contributed by atoms with E-state index in [-0.39, 0.29) is 17.9 Å². The van der Waals surface area contributed by atoms with Crippen LogP contribution in [0.5, 0.6) is 0 Å².